The van der Waals surface area contributed by atoms with Gasteiger partial charge in [-0.25, -0.2) is 0 Å². The molecular formula is C22H14O4. The maximum atomic E-state index is 12.7. The summed E-state index contributed by atoms with van der Waals surface area (Å²) in [6.07, 6.45) is 0. The van der Waals surface area contributed by atoms with Gasteiger partial charge in [-0.1, -0.05) is 54.6 Å². The van der Waals surface area contributed by atoms with E-state index in [1.54, 1.807) is 6.07 Å². The number of rotatable bonds is 1. The Labute approximate surface area is 148 Å². The molecule has 5 rings (SSSR count). The van der Waals surface area contributed by atoms with E-state index in [0.29, 0.717) is 29.3 Å². The lowest BCUT2D eigenvalue weighted by Crippen LogP contribution is -2.08. The monoisotopic (exact) mass is 342 g/mol. The molecule has 0 unspecified atom stereocenters. The van der Waals surface area contributed by atoms with Crippen LogP contribution in [-0.4, -0.2) is 5.11 Å². The zero-order chi connectivity index (χ0) is 17.7. The molecule has 0 aliphatic carbocycles. The van der Waals surface area contributed by atoms with E-state index in [1.165, 1.54) is 6.07 Å². The van der Waals surface area contributed by atoms with Gasteiger partial charge in [-0.15, -0.1) is 0 Å². The normalized spacial score (nSPS) is 12.3. The predicted molar refractivity (Wildman–Crippen MR) is 99.4 cm³/mol. The highest BCUT2D eigenvalue weighted by Gasteiger charge is 2.25. The number of phenols is 1. The molecule has 0 bridgehead atoms. The summed E-state index contributed by atoms with van der Waals surface area (Å²) in [5.74, 6) is 0.874. The molecule has 4 nitrogen and oxygen atoms in total. The van der Waals surface area contributed by atoms with Crippen molar-refractivity contribution in [3.05, 3.63) is 82.5 Å². The van der Waals surface area contributed by atoms with Gasteiger partial charge in [-0.2, -0.15) is 0 Å². The van der Waals surface area contributed by atoms with E-state index >= 15 is 0 Å². The van der Waals surface area contributed by atoms with E-state index in [2.05, 4.69) is 0 Å². The van der Waals surface area contributed by atoms with Gasteiger partial charge >= 0.3 is 0 Å². The molecule has 1 N–H and O–H groups in total. The van der Waals surface area contributed by atoms with E-state index < -0.39 is 0 Å². The first-order valence-corrected chi connectivity index (χ1v) is 8.33. The molecule has 4 heteroatoms. The number of hydrogen-bond acceptors (Lipinski definition) is 4. The number of benzene rings is 3. The van der Waals surface area contributed by atoms with Crippen molar-refractivity contribution in [2.24, 2.45) is 0 Å². The molecule has 0 radical (unpaired) electrons. The van der Waals surface area contributed by atoms with Gasteiger partial charge in [-0.3, -0.25) is 4.79 Å². The van der Waals surface area contributed by atoms with Crippen molar-refractivity contribution >= 4 is 11.0 Å². The highest BCUT2D eigenvalue weighted by molar-refractivity contribution is 5.96. The fourth-order valence-electron chi connectivity index (χ4n) is 3.44. The largest absolute Gasteiger partial charge is 0.506 e. The molecular weight excluding hydrogens is 328 g/mol. The molecule has 0 saturated carbocycles. The molecule has 0 saturated heterocycles. The Kier molecular flexibility index (Phi) is 3.12. The Hall–Kier alpha value is -3.53. The van der Waals surface area contributed by atoms with Crippen molar-refractivity contribution in [1.82, 2.24) is 0 Å². The van der Waals surface area contributed by atoms with Crippen molar-refractivity contribution in [3.8, 4) is 33.9 Å². The zero-order valence-corrected chi connectivity index (χ0v) is 13.7. The second kappa shape index (κ2) is 5.49. The lowest BCUT2D eigenvalue weighted by molar-refractivity contribution is 0.300. The summed E-state index contributed by atoms with van der Waals surface area (Å²) in [5, 5.41) is 11.0. The van der Waals surface area contributed by atoms with E-state index in [1.807, 2.05) is 54.6 Å². The van der Waals surface area contributed by atoms with Gasteiger partial charge < -0.3 is 14.3 Å². The smallest absolute Gasteiger partial charge is 0.197 e. The molecule has 26 heavy (non-hydrogen) atoms. The summed E-state index contributed by atoms with van der Waals surface area (Å²) in [6.45, 7) is 0.413. The Bertz CT molecular complexity index is 1210. The van der Waals surface area contributed by atoms with E-state index in [-0.39, 0.29) is 16.6 Å². The van der Waals surface area contributed by atoms with Crippen LogP contribution < -0.4 is 10.2 Å². The number of fused-ring (bicyclic) bond motifs is 4. The highest BCUT2D eigenvalue weighted by Crippen LogP contribution is 2.46. The predicted octanol–water partition coefficient (Wildman–Crippen LogP) is 4.73. The van der Waals surface area contributed by atoms with Crippen LogP contribution in [0.2, 0.25) is 0 Å². The summed E-state index contributed by atoms with van der Waals surface area (Å²) < 4.78 is 11.7. The van der Waals surface area contributed by atoms with Gasteiger partial charge in [0.25, 0.3) is 0 Å². The molecule has 1 aliphatic heterocycles. The quantitative estimate of drug-likeness (QED) is 0.543. The molecule has 4 aromatic rings. The Morgan fingerprint density at radius 1 is 0.923 bits per heavy atom. The number of aromatic hydroxyl groups is 1. The first kappa shape index (κ1) is 14.8. The van der Waals surface area contributed by atoms with Crippen LogP contribution in [0.15, 0.2) is 75.9 Å². The van der Waals surface area contributed by atoms with Gasteiger partial charge in [0, 0.05) is 17.7 Å². The van der Waals surface area contributed by atoms with Crippen molar-refractivity contribution in [2.75, 3.05) is 0 Å². The molecule has 0 atom stereocenters. The lowest BCUT2D eigenvalue weighted by atomic mass is 9.94. The topological polar surface area (TPSA) is 59.7 Å². The molecule has 0 fully saturated rings. The summed E-state index contributed by atoms with van der Waals surface area (Å²) in [6, 6.07) is 20.2. The fourth-order valence-corrected chi connectivity index (χ4v) is 3.44. The Morgan fingerprint density at radius 2 is 1.69 bits per heavy atom. The van der Waals surface area contributed by atoms with Crippen LogP contribution in [0.3, 0.4) is 0 Å². The van der Waals surface area contributed by atoms with Crippen LogP contribution in [0.4, 0.5) is 0 Å². The van der Waals surface area contributed by atoms with Crippen LogP contribution in [0, 0.1) is 0 Å². The summed E-state index contributed by atoms with van der Waals surface area (Å²) in [5.41, 5.74) is 3.22. The van der Waals surface area contributed by atoms with E-state index in [4.69, 9.17) is 9.15 Å². The molecule has 1 aromatic heterocycles. The van der Waals surface area contributed by atoms with Gasteiger partial charge in [0.15, 0.2) is 5.43 Å². The second-order valence-corrected chi connectivity index (χ2v) is 6.26. The lowest BCUT2D eigenvalue weighted by Gasteiger charge is -2.22. The average molecular weight is 342 g/mol. The minimum atomic E-state index is -0.284. The highest BCUT2D eigenvalue weighted by atomic mass is 16.5. The molecule has 3 aromatic carbocycles. The third-order valence-electron chi connectivity index (χ3n) is 4.69. The van der Waals surface area contributed by atoms with E-state index in [9.17, 15) is 9.90 Å². The number of phenolic OH excluding ortho intramolecular Hbond substituents is 1. The second-order valence-electron chi connectivity index (χ2n) is 6.26. The third-order valence-corrected chi connectivity index (χ3v) is 4.69. The zero-order valence-electron chi connectivity index (χ0n) is 13.7. The fraction of sp³-hybridized carbons (Fsp3) is 0.0455. The third kappa shape index (κ3) is 2.12. The van der Waals surface area contributed by atoms with Crippen molar-refractivity contribution in [3.63, 3.8) is 0 Å². The molecule has 0 amide bonds. The van der Waals surface area contributed by atoms with Crippen molar-refractivity contribution < 1.29 is 14.3 Å². The first-order valence-electron chi connectivity index (χ1n) is 8.33. The maximum absolute atomic E-state index is 12.7. The molecule has 126 valence electrons. The summed E-state index contributed by atoms with van der Waals surface area (Å²) >= 11 is 0. The SMILES string of the molecule is O=c1cc(-c2ccccc2)oc2cc3c(c(O)c12)-c1ccccc1CO3. The van der Waals surface area contributed by atoms with Gasteiger partial charge in [0.2, 0.25) is 0 Å². The minimum absolute atomic E-state index is 0.0991. The van der Waals surface area contributed by atoms with E-state index in [0.717, 1.165) is 16.7 Å². The van der Waals surface area contributed by atoms with Gasteiger partial charge in [-0.05, 0) is 11.1 Å². The standard InChI is InChI=1S/C22H14O4/c23-16-10-17(13-6-2-1-3-7-13)26-19-11-18-20(22(24)21(16)19)15-9-5-4-8-14(15)12-25-18/h1-11,24H,12H2. The molecule has 0 spiro atoms. The van der Waals surface area contributed by atoms with Crippen molar-refractivity contribution in [1.29, 1.82) is 0 Å². The maximum Gasteiger partial charge on any atom is 0.197 e. The van der Waals surface area contributed by atoms with Crippen molar-refractivity contribution in [2.45, 2.75) is 6.61 Å². The van der Waals surface area contributed by atoms with Gasteiger partial charge in [0.1, 0.15) is 34.8 Å². The van der Waals surface area contributed by atoms with Crippen LogP contribution in [0.25, 0.3) is 33.4 Å². The van der Waals surface area contributed by atoms with Crippen LogP contribution >= 0.6 is 0 Å². The summed E-state index contributed by atoms with van der Waals surface area (Å²) in [7, 11) is 0. The number of ether oxygens (including phenoxy) is 1. The van der Waals surface area contributed by atoms with Gasteiger partial charge in [0.05, 0.1) is 5.56 Å². The summed E-state index contributed by atoms with van der Waals surface area (Å²) in [4.78, 5) is 12.7. The van der Waals surface area contributed by atoms with Crippen LogP contribution in [-0.2, 0) is 6.61 Å². The minimum Gasteiger partial charge on any atom is -0.506 e. The van der Waals surface area contributed by atoms with Crippen LogP contribution in [0.1, 0.15) is 5.56 Å². The Morgan fingerprint density at radius 3 is 2.54 bits per heavy atom. The molecule has 1 aliphatic rings. The average Bonchev–Trinajstić information content (AvgIpc) is 2.68. The molecule has 2 heterocycles. The number of hydrogen-bond donors (Lipinski definition) is 1. The first-order chi connectivity index (χ1) is 12.7. The van der Waals surface area contributed by atoms with Crippen LogP contribution in [0.5, 0.6) is 11.5 Å². The Balaban J connectivity index is 1.82.